The maximum Gasteiger partial charge on any atom is -0.00820 e. The lowest BCUT2D eigenvalue weighted by atomic mass is 10.1. The molecule has 14 heavy (non-hydrogen) atoms. The third kappa shape index (κ3) is 0.630. The van der Waals surface area contributed by atoms with Crippen LogP contribution < -0.4 is 0 Å². The molecular weight excluding hydrogens is 168 g/mol. The molecule has 0 aromatic heterocycles. The number of allylic oxidation sites excluding steroid dienone is 12. The Morgan fingerprint density at radius 2 is 1.21 bits per heavy atom. The lowest BCUT2D eigenvalue weighted by Crippen LogP contribution is -1.80. The number of hydrogen-bond donors (Lipinski definition) is 0. The molecule has 4 rings (SSSR count). The minimum Gasteiger partial charge on any atom is -0.0795 e. The van der Waals surface area contributed by atoms with Gasteiger partial charge in [0.2, 0.25) is 0 Å². The smallest absolute Gasteiger partial charge is 0.00820 e. The Bertz CT molecular complexity index is 478. The molecule has 4 aliphatic rings. The summed E-state index contributed by atoms with van der Waals surface area (Å²) in [5.74, 6) is 0. The molecule has 0 heteroatoms. The normalized spacial score (nSPS) is 25.7. The van der Waals surface area contributed by atoms with Gasteiger partial charge in [0.25, 0.3) is 0 Å². The fraction of sp³-hybridized carbons (Fsp3) is 0.143. The van der Waals surface area contributed by atoms with Crippen molar-refractivity contribution in [2.45, 2.75) is 12.8 Å². The van der Waals surface area contributed by atoms with E-state index in [2.05, 4.69) is 36.5 Å². The highest BCUT2D eigenvalue weighted by Crippen LogP contribution is 2.47. The molecule has 0 aromatic carbocycles. The largest absolute Gasteiger partial charge is 0.0795 e. The first-order valence-corrected chi connectivity index (χ1v) is 5.17. The van der Waals surface area contributed by atoms with Crippen LogP contribution in [0.2, 0.25) is 0 Å². The third-order valence-corrected chi connectivity index (χ3v) is 3.48. The predicted molar refractivity (Wildman–Crippen MR) is 57.7 cm³/mol. The standard InChI is InChI=1S/C14H10/c1-3-9-7-14-12-6-2-4-10(12)8-13(14)11(9)5-1/h1-4,7-8H,5-6H2. The van der Waals surface area contributed by atoms with Gasteiger partial charge in [0.05, 0.1) is 0 Å². The van der Waals surface area contributed by atoms with Gasteiger partial charge in [0, 0.05) is 0 Å². The van der Waals surface area contributed by atoms with E-state index in [0.29, 0.717) is 0 Å². The highest BCUT2D eigenvalue weighted by atomic mass is 14.3. The molecule has 0 saturated carbocycles. The molecule has 0 fully saturated rings. The van der Waals surface area contributed by atoms with Gasteiger partial charge in [-0.25, -0.2) is 0 Å². The fourth-order valence-electron chi connectivity index (χ4n) is 2.81. The highest BCUT2D eigenvalue weighted by molar-refractivity contribution is 5.77. The van der Waals surface area contributed by atoms with Crippen LogP contribution in [0.4, 0.5) is 0 Å². The van der Waals surface area contributed by atoms with E-state index in [1.54, 1.807) is 11.1 Å². The van der Waals surface area contributed by atoms with Crippen molar-refractivity contribution in [2.75, 3.05) is 0 Å². The first-order valence-electron chi connectivity index (χ1n) is 5.17. The molecule has 0 radical (unpaired) electrons. The van der Waals surface area contributed by atoms with Crippen LogP contribution in [0.15, 0.2) is 69.9 Å². The zero-order valence-corrected chi connectivity index (χ0v) is 7.88. The maximum atomic E-state index is 2.36. The maximum absolute atomic E-state index is 2.36. The SMILES string of the molecule is C1=CC2=CC3=C4CC=CC4=CC3=C2C1. The van der Waals surface area contributed by atoms with E-state index in [0.717, 1.165) is 12.8 Å². The molecule has 66 valence electrons. The predicted octanol–water partition coefficient (Wildman–Crippen LogP) is 3.38. The van der Waals surface area contributed by atoms with Crippen molar-refractivity contribution in [1.82, 2.24) is 0 Å². The molecule has 0 aliphatic heterocycles. The number of rotatable bonds is 0. The van der Waals surface area contributed by atoms with Crippen LogP contribution >= 0.6 is 0 Å². The summed E-state index contributed by atoms with van der Waals surface area (Å²) in [6, 6.07) is 0. The molecule has 0 N–H and O–H groups in total. The summed E-state index contributed by atoms with van der Waals surface area (Å²) in [5, 5.41) is 0. The molecule has 0 atom stereocenters. The first-order chi connectivity index (χ1) is 6.93. The first kappa shape index (κ1) is 6.83. The van der Waals surface area contributed by atoms with Gasteiger partial charge in [0.15, 0.2) is 0 Å². The zero-order valence-electron chi connectivity index (χ0n) is 7.88. The Morgan fingerprint density at radius 3 is 1.71 bits per heavy atom. The molecule has 4 aliphatic carbocycles. The lowest BCUT2D eigenvalue weighted by molar-refractivity contribution is 1.29. The van der Waals surface area contributed by atoms with Gasteiger partial charge in [-0.15, -0.1) is 0 Å². The fourth-order valence-corrected chi connectivity index (χ4v) is 2.81. The van der Waals surface area contributed by atoms with Crippen LogP contribution in [-0.2, 0) is 0 Å². The van der Waals surface area contributed by atoms with Gasteiger partial charge in [0.1, 0.15) is 0 Å². The summed E-state index contributed by atoms with van der Waals surface area (Å²) in [5.41, 5.74) is 8.98. The Hall–Kier alpha value is -1.56. The average molecular weight is 178 g/mol. The molecule has 0 heterocycles. The van der Waals surface area contributed by atoms with Crippen LogP contribution in [-0.4, -0.2) is 0 Å². The van der Waals surface area contributed by atoms with E-state index in [-0.39, 0.29) is 0 Å². The van der Waals surface area contributed by atoms with Crippen molar-refractivity contribution in [3.63, 3.8) is 0 Å². The summed E-state index contributed by atoms with van der Waals surface area (Å²) in [6.45, 7) is 0. The van der Waals surface area contributed by atoms with E-state index in [1.165, 1.54) is 22.3 Å². The summed E-state index contributed by atoms with van der Waals surface area (Å²) in [4.78, 5) is 0. The van der Waals surface area contributed by atoms with Gasteiger partial charge < -0.3 is 0 Å². The van der Waals surface area contributed by atoms with Gasteiger partial charge in [-0.05, 0) is 58.4 Å². The molecule has 0 amide bonds. The number of fused-ring (bicyclic) bond motifs is 3. The van der Waals surface area contributed by atoms with Gasteiger partial charge in [-0.2, -0.15) is 0 Å². The Labute approximate surface area is 83.3 Å². The van der Waals surface area contributed by atoms with E-state index in [4.69, 9.17) is 0 Å². The second-order valence-corrected chi connectivity index (χ2v) is 4.20. The number of hydrogen-bond acceptors (Lipinski definition) is 0. The molecular formula is C14H10. The van der Waals surface area contributed by atoms with Crippen molar-refractivity contribution >= 4 is 0 Å². The van der Waals surface area contributed by atoms with Crippen LogP contribution in [0.3, 0.4) is 0 Å². The highest BCUT2D eigenvalue weighted by Gasteiger charge is 2.29. The van der Waals surface area contributed by atoms with E-state index >= 15 is 0 Å². The van der Waals surface area contributed by atoms with Gasteiger partial charge in [-0.1, -0.05) is 24.3 Å². The monoisotopic (exact) mass is 178 g/mol. The van der Waals surface area contributed by atoms with Gasteiger partial charge >= 0.3 is 0 Å². The topological polar surface area (TPSA) is 0 Å². The second-order valence-electron chi connectivity index (χ2n) is 4.20. The molecule has 0 aromatic rings. The molecule has 0 saturated heterocycles. The second kappa shape index (κ2) is 2.09. The lowest BCUT2D eigenvalue weighted by Gasteiger charge is -1.97. The average Bonchev–Trinajstić information content (AvgIpc) is 2.80. The Morgan fingerprint density at radius 1 is 0.714 bits per heavy atom. The van der Waals surface area contributed by atoms with Crippen LogP contribution in [0.5, 0.6) is 0 Å². The van der Waals surface area contributed by atoms with E-state index < -0.39 is 0 Å². The summed E-state index contributed by atoms with van der Waals surface area (Å²) in [6.07, 6.45) is 16.0. The van der Waals surface area contributed by atoms with Gasteiger partial charge in [-0.3, -0.25) is 0 Å². The van der Waals surface area contributed by atoms with Crippen molar-refractivity contribution in [3.05, 3.63) is 69.9 Å². The Kier molecular flexibility index (Phi) is 1.02. The molecule has 0 unspecified atom stereocenters. The summed E-state index contributed by atoms with van der Waals surface area (Å²) < 4.78 is 0. The molecule has 0 nitrogen and oxygen atoms in total. The van der Waals surface area contributed by atoms with Crippen molar-refractivity contribution in [3.8, 4) is 0 Å². The Balaban J connectivity index is 2.03. The third-order valence-electron chi connectivity index (χ3n) is 3.48. The van der Waals surface area contributed by atoms with Crippen molar-refractivity contribution in [2.24, 2.45) is 0 Å². The molecule has 0 bridgehead atoms. The summed E-state index contributed by atoms with van der Waals surface area (Å²) >= 11 is 0. The van der Waals surface area contributed by atoms with Crippen LogP contribution in [0, 0.1) is 0 Å². The van der Waals surface area contributed by atoms with Crippen LogP contribution in [0.1, 0.15) is 12.8 Å². The quantitative estimate of drug-likeness (QED) is 0.533. The van der Waals surface area contributed by atoms with Crippen LogP contribution in [0.25, 0.3) is 0 Å². The van der Waals surface area contributed by atoms with E-state index in [1.807, 2.05) is 0 Å². The zero-order chi connectivity index (χ0) is 9.12. The van der Waals surface area contributed by atoms with Crippen molar-refractivity contribution in [1.29, 1.82) is 0 Å². The van der Waals surface area contributed by atoms with E-state index in [9.17, 15) is 0 Å². The molecule has 0 spiro atoms. The minimum atomic E-state index is 1.13. The van der Waals surface area contributed by atoms with Crippen molar-refractivity contribution < 1.29 is 0 Å². The summed E-state index contributed by atoms with van der Waals surface area (Å²) in [7, 11) is 0. The minimum absolute atomic E-state index is 1.13.